The summed E-state index contributed by atoms with van der Waals surface area (Å²) in [6.07, 6.45) is 0. The SMILES string of the molecule is Nc1c(I)c[c-]cc1C#CCOP.[Y]. The van der Waals surface area contributed by atoms with E-state index in [0.29, 0.717) is 12.3 Å². The van der Waals surface area contributed by atoms with E-state index in [1.54, 1.807) is 6.07 Å². The molecule has 1 atom stereocenters. The fourth-order valence-corrected chi connectivity index (χ4v) is 1.31. The third-order valence-electron chi connectivity index (χ3n) is 1.36. The normalized spacial score (nSPS) is 8.43. The van der Waals surface area contributed by atoms with Gasteiger partial charge in [0.05, 0.1) is 0 Å². The van der Waals surface area contributed by atoms with Crippen LogP contribution in [0.1, 0.15) is 5.56 Å². The Morgan fingerprint density at radius 3 is 2.93 bits per heavy atom. The minimum absolute atomic E-state index is 0. The summed E-state index contributed by atoms with van der Waals surface area (Å²) in [5.74, 6) is 5.73. The molecule has 1 aromatic rings. The van der Waals surface area contributed by atoms with Crippen LogP contribution < -0.4 is 5.73 Å². The molecule has 0 aliphatic rings. The first-order chi connectivity index (χ1) is 6.25. The molecule has 0 saturated carbocycles. The van der Waals surface area contributed by atoms with Crippen molar-refractivity contribution in [1.82, 2.24) is 0 Å². The van der Waals surface area contributed by atoms with Crippen molar-refractivity contribution >= 4 is 37.7 Å². The first-order valence-electron chi connectivity index (χ1n) is 3.51. The van der Waals surface area contributed by atoms with E-state index in [9.17, 15) is 0 Å². The van der Waals surface area contributed by atoms with Gasteiger partial charge in [-0.2, -0.15) is 18.2 Å². The van der Waals surface area contributed by atoms with Gasteiger partial charge in [-0.3, -0.25) is 0 Å². The van der Waals surface area contributed by atoms with Crippen LogP contribution in [0.2, 0.25) is 0 Å². The summed E-state index contributed by atoms with van der Waals surface area (Å²) in [4.78, 5) is 0. The van der Waals surface area contributed by atoms with Crippen LogP contribution in [0.5, 0.6) is 0 Å². The second-order valence-electron chi connectivity index (χ2n) is 2.24. The zero-order chi connectivity index (χ0) is 9.68. The first kappa shape index (κ1) is 14.8. The molecule has 0 aliphatic carbocycles. The van der Waals surface area contributed by atoms with Crippen LogP contribution in [-0.2, 0) is 37.2 Å². The molecule has 2 nitrogen and oxygen atoms in total. The molecule has 1 unspecified atom stereocenters. The van der Waals surface area contributed by atoms with E-state index in [-0.39, 0.29) is 32.7 Å². The molecule has 0 bridgehead atoms. The van der Waals surface area contributed by atoms with Crippen molar-refractivity contribution in [2.24, 2.45) is 0 Å². The number of benzene rings is 1. The van der Waals surface area contributed by atoms with Gasteiger partial charge in [0.25, 0.3) is 0 Å². The Balaban J connectivity index is 0.00000169. The summed E-state index contributed by atoms with van der Waals surface area (Å²) in [6.45, 7) is 0.385. The first-order valence-corrected chi connectivity index (χ1v) is 5.06. The summed E-state index contributed by atoms with van der Waals surface area (Å²) in [5, 5.41) is 0. The summed E-state index contributed by atoms with van der Waals surface area (Å²) >= 11 is 2.15. The Morgan fingerprint density at radius 2 is 2.29 bits per heavy atom. The molecule has 0 spiro atoms. The molecule has 1 aromatic carbocycles. The van der Waals surface area contributed by atoms with Gasteiger partial charge < -0.3 is 10.3 Å². The monoisotopic (exact) mass is 393 g/mol. The Bertz CT molecular complexity index is 362. The van der Waals surface area contributed by atoms with Gasteiger partial charge in [-0.05, 0) is 0 Å². The number of hydrogen-bond acceptors (Lipinski definition) is 2. The van der Waals surface area contributed by atoms with E-state index in [1.165, 1.54) is 0 Å². The van der Waals surface area contributed by atoms with Gasteiger partial charge in [-0.25, -0.2) is 0 Å². The molecule has 0 heterocycles. The maximum atomic E-state index is 5.79. The zero-order valence-electron chi connectivity index (χ0n) is 7.38. The van der Waals surface area contributed by atoms with Gasteiger partial charge in [-0.1, -0.05) is 20.7 Å². The van der Waals surface area contributed by atoms with Crippen molar-refractivity contribution in [2.75, 3.05) is 12.3 Å². The molecule has 0 amide bonds. The van der Waals surface area contributed by atoms with Gasteiger partial charge in [0.15, 0.2) is 0 Å². The maximum Gasteiger partial charge on any atom is 0.110 e. The third kappa shape index (κ3) is 4.55. The molecule has 1 rings (SSSR count). The van der Waals surface area contributed by atoms with Crippen LogP contribution in [0, 0.1) is 21.5 Å². The predicted octanol–water partition coefficient (Wildman–Crippen LogP) is 1.83. The molecule has 0 fully saturated rings. The van der Waals surface area contributed by atoms with Gasteiger partial charge in [0.2, 0.25) is 0 Å². The molecular formula is C9H8INOPY-. The van der Waals surface area contributed by atoms with Gasteiger partial charge in [0, 0.05) is 42.2 Å². The average molecular weight is 393 g/mol. The molecule has 0 saturated heterocycles. The number of rotatable bonds is 1. The molecule has 5 heteroatoms. The van der Waals surface area contributed by atoms with Crippen molar-refractivity contribution < 1.29 is 37.2 Å². The van der Waals surface area contributed by atoms with Crippen molar-refractivity contribution in [1.29, 1.82) is 0 Å². The quantitative estimate of drug-likeness (QED) is 0.260. The molecule has 2 N–H and O–H groups in total. The minimum atomic E-state index is 0. The summed E-state index contributed by atoms with van der Waals surface area (Å²) in [5.41, 5.74) is 7.29. The fourth-order valence-electron chi connectivity index (χ4n) is 0.759. The fraction of sp³-hybridized carbons (Fsp3) is 0.111. The van der Waals surface area contributed by atoms with Crippen molar-refractivity contribution in [3.05, 3.63) is 27.3 Å². The molecule has 0 aromatic heterocycles. The topological polar surface area (TPSA) is 35.2 Å². The van der Waals surface area contributed by atoms with Crippen molar-refractivity contribution in [3.8, 4) is 11.8 Å². The van der Waals surface area contributed by atoms with Crippen molar-refractivity contribution in [3.63, 3.8) is 0 Å². The third-order valence-corrected chi connectivity index (χ3v) is 2.42. The van der Waals surface area contributed by atoms with Crippen LogP contribution in [-0.4, -0.2) is 6.61 Å². The maximum absolute atomic E-state index is 5.79. The van der Waals surface area contributed by atoms with E-state index >= 15 is 0 Å². The van der Waals surface area contributed by atoms with Crippen LogP contribution in [0.15, 0.2) is 12.1 Å². The van der Waals surface area contributed by atoms with Crippen LogP contribution in [0.25, 0.3) is 0 Å². The second kappa shape index (κ2) is 8.01. The number of anilines is 1. The van der Waals surface area contributed by atoms with E-state index in [2.05, 4.69) is 50.0 Å². The number of nitrogens with two attached hydrogens (primary N) is 1. The summed E-state index contributed by atoms with van der Waals surface area (Å²) in [6, 6.07) is 6.56. The number of halogens is 1. The van der Waals surface area contributed by atoms with Gasteiger partial charge in [0.1, 0.15) is 6.61 Å². The largest absolute Gasteiger partial charge is 0.417 e. The van der Waals surface area contributed by atoms with Gasteiger partial charge in [-0.15, -0.1) is 28.5 Å². The summed E-state index contributed by atoms with van der Waals surface area (Å²) < 4.78 is 5.69. The summed E-state index contributed by atoms with van der Waals surface area (Å²) in [7, 11) is 2.14. The van der Waals surface area contributed by atoms with Gasteiger partial charge >= 0.3 is 0 Å². The molecule has 1 radical (unpaired) electrons. The second-order valence-corrected chi connectivity index (χ2v) is 3.74. The van der Waals surface area contributed by atoms with Crippen molar-refractivity contribution in [2.45, 2.75) is 0 Å². The van der Waals surface area contributed by atoms with Crippen LogP contribution in [0.3, 0.4) is 0 Å². The van der Waals surface area contributed by atoms with E-state index in [4.69, 9.17) is 10.3 Å². The molecule has 14 heavy (non-hydrogen) atoms. The Morgan fingerprint density at radius 1 is 1.57 bits per heavy atom. The smallest absolute Gasteiger partial charge is 0.110 e. The Kier molecular flexibility index (Phi) is 8.47. The van der Waals surface area contributed by atoms with E-state index in [1.807, 2.05) is 6.07 Å². The Hall–Kier alpha value is 0.804. The zero-order valence-corrected chi connectivity index (χ0v) is 13.5. The average Bonchev–Trinajstić information content (AvgIpc) is 2.13. The minimum Gasteiger partial charge on any atom is -0.417 e. The van der Waals surface area contributed by atoms with E-state index < -0.39 is 0 Å². The number of hydrogen-bond donors (Lipinski definition) is 1. The standard InChI is InChI=1S/C9H8INOP.Y/c10-8-5-1-3-7(9(8)11)4-2-6-12-13;/h3,5H,6,11,13H2;/q-1;. The van der Waals surface area contributed by atoms with Crippen LogP contribution in [0.4, 0.5) is 5.69 Å². The van der Waals surface area contributed by atoms with Crippen LogP contribution >= 0.6 is 32.1 Å². The Labute approximate surface area is 125 Å². The molecule has 71 valence electrons. The molecule has 0 aliphatic heterocycles. The predicted molar refractivity (Wildman–Crippen MR) is 64.9 cm³/mol. The van der Waals surface area contributed by atoms with E-state index in [0.717, 1.165) is 9.13 Å². The molecular weight excluding hydrogens is 385 g/mol. The number of nitrogen functional groups attached to an aromatic ring is 1.